The molecule has 2 amide bonds. The van der Waals surface area contributed by atoms with Gasteiger partial charge in [0.25, 0.3) is 5.91 Å². The van der Waals surface area contributed by atoms with Crippen molar-refractivity contribution in [1.82, 2.24) is 10.6 Å². The molecule has 1 heterocycles. The van der Waals surface area contributed by atoms with E-state index >= 15 is 0 Å². The van der Waals surface area contributed by atoms with E-state index in [4.69, 9.17) is 18.9 Å². The number of hydrogen-bond acceptors (Lipinski definition) is 6. The Morgan fingerprint density at radius 3 is 2.79 bits per heavy atom. The number of benzene rings is 1. The monoisotopic (exact) mass is 394 g/mol. The molecule has 0 aromatic heterocycles. The molecular formula is C20H30N2O6. The van der Waals surface area contributed by atoms with Crippen molar-refractivity contribution >= 4 is 11.8 Å². The Balaban J connectivity index is 1.80. The molecule has 2 unspecified atom stereocenters. The summed E-state index contributed by atoms with van der Waals surface area (Å²) >= 11 is 0. The number of rotatable bonds is 11. The van der Waals surface area contributed by atoms with Gasteiger partial charge < -0.3 is 29.6 Å². The Bertz CT molecular complexity index is 646. The number of methoxy groups -OCH3 is 1. The molecule has 0 aliphatic carbocycles. The highest BCUT2D eigenvalue weighted by molar-refractivity contribution is 5.80. The standard InChI is InChI=1S/C20H30N2O6/c1-4-21-19(23)13-28-17-8-7-15(10-18(17)25-3)11-22-20(24)14(2)27-12-16-6-5-9-26-16/h7-8,10,14,16H,4-6,9,11-13H2,1-3H3,(H,21,23)(H,22,24). The summed E-state index contributed by atoms with van der Waals surface area (Å²) in [6.07, 6.45) is 1.56. The Hall–Kier alpha value is -2.32. The highest BCUT2D eigenvalue weighted by atomic mass is 16.5. The van der Waals surface area contributed by atoms with Gasteiger partial charge in [-0.3, -0.25) is 9.59 Å². The van der Waals surface area contributed by atoms with Gasteiger partial charge in [0.15, 0.2) is 18.1 Å². The second-order valence-corrected chi connectivity index (χ2v) is 6.56. The first-order chi connectivity index (χ1) is 13.5. The van der Waals surface area contributed by atoms with Gasteiger partial charge in [0.1, 0.15) is 6.10 Å². The first kappa shape index (κ1) is 22.0. The lowest BCUT2D eigenvalue weighted by molar-refractivity contribution is -0.133. The number of carbonyl (C=O) groups is 2. The second-order valence-electron chi connectivity index (χ2n) is 6.56. The summed E-state index contributed by atoms with van der Waals surface area (Å²) in [5.74, 6) is 0.585. The average Bonchev–Trinajstić information content (AvgIpc) is 3.22. The molecule has 0 spiro atoms. The number of nitrogens with one attached hydrogen (secondary N) is 2. The molecule has 0 bridgehead atoms. The van der Waals surface area contributed by atoms with Crippen LogP contribution in [0.4, 0.5) is 0 Å². The van der Waals surface area contributed by atoms with E-state index in [-0.39, 0.29) is 24.5 Å². The summed E-state index contributed by atoms with van der Waals surface area (Å²) in [6, 6.07) is 5.30. The van der Waals surface area contributed by atoms with Crippen LogP contribution in [-0.4, -0.2) is 57.5 Å². The van der Waals surface area contributed by atoms with Crippen molar-refractivity contribution in [3.05, 3.63) is 23.8 Å². The number of carbonyl (C=O) groups excluding carboxylic acids is 2. The first-order valence-electron chi connectivity index (χ1n) is 9.60. The smallest absolute Gasteiger partial charge is 0.257 e. The second kappa shape index (κ2) is 11.5. The lowest BCUT2D eigenvalue weighted by Gasteiger charge is -2.16. The van der Waals surface area contributed by atoms with Gasteiger partial charge in [-0.2, -0.15) is 0 Å². The van der Waals surface area contributed by atoms with E-state index in [9.17, 15) is 9.59 Å². The van der Waals surface area contributed by atoms with Gasteiger partial charge in [0, 0.05) is 19.7 Å². The molecule has 1 aromatic carbocycles. The van der Waals surface area contributed by atoms with Gasteiger partial charge in [0.05, 0.1) is 19.8 Å². The highest BCUT2D eigenvalue weighted by Gasteiger charge is 2.19. The van der Waals surface area contributed by atoms with E-state index in [1.165, 1.54) is 7.11 Å². The number of hydrogen-bond donors (Lipinski definition) is 2. The van der Waals surface area contributed by atoms with E-state index in [1.807, 2.05) is 13.0 Å². The maximum atomic E-state index is 12.2. The quantitative estimate of drug-likeness (QED) is 0.589. The lowest BCUT2D eigenvalue weighted by atomic mass is 10.2. The van der Waals surface area contributed by atoms with Gasteiger partial charge in [-0.25, -0.2) is 0 Å². The molecule has 1 aromatic rings. The summed E-state index contributed by atoms with van der Waals surface area (Å²) in [5, 5.41) is 5.51. The maximum Gasteiger partial charge on any atom is 0.257 e. The first-order valence-corrected chi connectivity index (χ1v) is 9.60. The molecule has 1 saturated heterocycles. The van der Waals surface area contributed by atoms with Gasteiger partial charge in [-0.05, 0) is 44.4 Å². The fraction of sp³-hybridized carbons (Fsp3) is 0.600. The predicted octanol–water partition coefficient (Wildman–Crippen LogP) is 1.41. The van der Waals surface area contributed by atoms with Crippen LogP contribution in [0.3, 0.4) is 0 Å². The topological polar surface area (TPSA) is 95.1 Å². The van der Waals surface area contributed by atoms with E-state index in [0.29, 0.717) is 31.2 Å². The van der Waals surface area contributed by atoms with Crippen LogP contribution in [0.15, 0.2) is 18.2 Å². The van der Waals surface area contributed by atoms with E-state index in [1.54, 1.807) is 19.1 Å². The Morgan fingerprint density at radius 1 is 1.29 bits per heavy atom. The van der Waals surface area contributed by atoms with Gasteiger partial charge in [-0.1, -0.05) is 6.07 Å². The molecule has 1 fully saturated rings. The van der Waals surface area contributed by atoms with Crippen molar-refractivity contribution < 1.29 is 28.5 Å². The molecule has 2 atom stereocenters. The van der Waals surface area contributed by atoms with Crippen molar-refractivity contribution in [2.45, 2.75) is 45.4 Å². The van der Waals surface area contributed by atoms with Crippen LogP contribution in [0.5, 0.6) is 11.5 Å². The number of ether oxygens (including phenoxy) is 4. The van der Waals surface area contributed by atoms with Crippen LogP contribution in [0, 0.1) is 0 Å². The molecule has 8 nitrogen and oxygen atoms in total. The van der Waals surface area contributed by atoms with Crippen LogP contribution < -0.4 is 20.1 Å². The van der Waals surface area contributed by atoms with Crippen molar-refractivity contribution in [2.24, 2.45) is 0 Å². The van der Waals surface area contributed by atoms with Crippen LogP contribution in [0.2, 0.25) is 0 Å². The van der Waals surface area contributed by atoms with Crippen LogP contribution in [0.1, 0.15) is 32.3 Å². The van der Waals surface area contributed by atoms with Gasteiger partial charge >= 0.3 is 0 Å². The van der Waals surface area contributed by atoms with Crippen molar-refractivity contribution in [3.63, 3.8) is 0 Å². The summed E-state index contributed by atoms with van der Waals surface area (Å²) in [6.45, 7) is 5.56. The summed E-state index contributed by atoms with van der Waals surface area (Å²) in [7, 11) is 1.53. The third-order valence-corrected chi connectivity index (χ3v) is 4.35. The molecule has 1 aliphatic heterocycles. The van der Waals surface area contributed by atoms with Gasteiger partial charge in [-0.15, -0.1) is 0 Å². The molecule has 1 aliphatic rings. The minimum Gasteiger partial charge on any atom is -0.493 e. The fourth-order valence-corrected chi connectivity index (χ4v) is 2.77. The molecule has 28 heavy (non-hydrogen) atoms. The largest absolute Gasteiger partial charge is 0.493 e. The Kier molecular flexibility index (Phi) is 9.03. The molecule has 8 heteroatoms. The summed E-state index contributed by atoms with van der Waals surface area (Å²) < 4.78 is 21.9. The highest BCUT2D eigenvalue weighted by Crippen LogP contribution is 2.28. The fourth-order valence-electron chi connectivity index (χ4n) is 2.77. The summed E-state index contributed by atoms with van der Waals surface area (Å²) in [4.78, 5) is 23.7. The molecule has 0 radical (unpaired) electrons. The Morgan fingerprint density at radius 2 is 2.11 bits per heavy atom. The minimum absolute atomic E-state index is 0.0835. The van der Waals surface area contributed by atoms with Crippen molar-refractivity contribution in [2.75, 3.05) is 33.5 Å². The van der Waals surface area contributed by atoms with E-state index < -0.39 is 6.10 Å². The molecule has 156 valence electrons. The van der Waals surface area contributed by atoms with Crippen molar-refractivity contribution in [3.8, 4) is 11.5 Å². The van der Waals surface area contributed by atoms with Crippen LogP contribution in [0.25, 0.3) is 0 Å². The van der Waals surface area contributed by atoms with Crippen LogP contribution in [-0.2, 0) is 25.6 Å². The van der Waals surface area contributed by atoms with Crippen molar-refractivity contribution in [1.29, 1.82) is 0 Å². The SMILES string of the molecule is CCNC(=O)COc1ccc(CNC(=O)C(C)OCC2CCCO2)cc1OC. The van der Waals surface area contributed by atoms with E-state index in [0.717, 1.165) is 25.0 Å². The average molecular weight is 394 g/mol. The van der Waals surface area contributed by atoms with Crippen LogP contribution >= 0.6 is 0 Å². The Labute approximate surface area is 165 Å². The lowest BCUT2D eigenvalue weighted by Crippen LogP contribution is -2.35. The molecule has 2 N–H and O–H groups in total. The molecule has 0 saturated carbocycles. The third-order valence-electron chi connectivity index (χ3n) is 4.35. The third kappa shape index (κ3) is 7.01. The number of amides is 2. The molecular weight excluding hydrogens is 364 g/mol. The normalized spacial score (nSPS) is 17.0. The summed E-state index contributed by atoms with van der Waals surface area (Å²) in [5.41, 5.74) is 0.849. The predicted molar refractivity (Wildman–Crippen MR) is 103 cm³/mol. The zero-order chi connectivity index (χ0) is 20.4. The van der Waals surface area contributed by atoms with E-state index in [2.05, 4.69) is 10.6 Å². The zero-order valence-electron chi connectivity index (χ0n) is 16.8. The minimum atomic E-state index is -0.550. The van der Waals surface area contributed by atoms with Gasteiger partial charge in [0.2, 0.25) is 5.91 Å². The maximum absolute atomic E-state index is 12.2. The zero-order valence-corrected chi connectivity index (χ0v) is 16.8. The number of likely N-dealkylation sites (N-methyl/N-ethyl adjacent to an activating group) is 1. The molecule has 2 rings (SSSR count).